The molecule has 2 aliphatic carbocycles. The first-order valence-electron chi connectivity index (χ1n) is 14.0. The van der Waals surface area contributed by atoms with Gasteiger partial charge in [-0.05, 0) is 117 Å². The lowest BCUT2D eigenvalue weighted by Crippen LogP contribution is -2.35. The van der Waals surface area contributed by atoms with Gasteiger partial charge in [0.25, 0.3) is 0 Å². The van der Waals surface area contributed by atoms with Crippen molar-refractivity contribution in [3.8, 4) is 11.5 Å². The molecule has 0 aromatic heterocycles. The van der Waals surface area contributed by atoms with Gasteiger partial charge in [0.05, 0.1) is 7.11 Å². The number of aryl methyl sites for hydroxylation is 3. The van der Waals surface area contributed by atoms with E-state index in [-0.39, 0.29) is 41.6 Å². The van der Waals surface area contributed by atoms with E-state index in [9.17, 15) is 8.78 Å². The first-order chi connectivity index (χ1) is 17.9. The van der Waals surface area contributed by atoms with Crippen molar-refractivity contribution in [2.45, 2.75) is 90.1 Å². The molecule has 0 N–H and O–H groups in total. The van der Waals surface area contributed by atoms with Crippen LogP contribution in [0.4, 0.5) is 17.6 Å². The molecule has 1 heterocycles. The highest BCUT2D eigenvalue weighted by atomic mass is 19.2. The average molecular weight is 519 g/mol. The largest absolute Gasteiger partial charge is 0.494 e. The van der Waals surface area contributed by atoms with E-state index in [0.29, 0.717) is 17.9 Å². The third kappa shape index (κ3) is 5.49. The molecule has 202 valence electrons. The zero-order valence-electron chi connectivity index (χ0n) is 21.9. The van der Waals surface area contributed by atoms with Gasteiger partial charge in [-0.1, -0.05) is 25.8 Å². The molecule has 1 unspecified atom stereocenters. The lowest BCUT2D eigenvalue weighted by molar-refractivity contribution is 0.0571. The average Bonchev–Trinajstić information content (AvgIpc) is 2.92. The SMILES string of the molecule is COc1ccc(CCc2cc3c(c(F)c2F)OC(C2CCC(C4CCC(C)CC4)CC2)CC3)c(F)c1F. The molecule has 3 aliphatic rings. The van der Waals surface area contributed by atoms with E-state index in [4.69, 9.17) is 9.47 Å². The molecule has 0 radical (unpaired) electrons. The van der Waals surface area contributed by atoms with Crippen molar-refractivity contribution < 1.29 is 27.0 Å². The van der Waals surface area contributed by atoms with Crippen molar-refractivity contribution in [1.29, 1.82) is 0 Å². The van der Waals surface area contributed by atoms with Crippen LogP contribution in [0.3, 0.4) is 0 Å². The molecule has 5 rings (SSSR count). The summed E-state index contributed by atoms with van der Waals surface area (Å²) in [6.45, 7) is 2.36. The van der Waals surface area contributed by atoms with Crippen molar-refractivity contribution >= 4 is 0 Å². The van der Waals surface area contributed by atoms with Crippen LogP contribution in [0.1, 0.15) is 81.4 Å². The topological polar surface area (TPSA) is 18.5 Å². The van der Waals surface area contributed by atoms with E-state index in [1.54, 1.807) is 6.07 Å². The molecule has 2 aromatic carbocycles. The van der Waals surface area contributed by atoms with Crippen LogP contribution in [0.15, 0.2) is 18.2 Å². The molecule has 0 spiro atoms. The van der Waals surface area contributed by atoms with Gasteiger partial charge in [-0.2, -0.15) is 8.78 Å². The number of ether oxygens (including phenoxy) is 2. The number of hydrogen-bond acceptors (Lipinski definition) is 2. The minimum atomic E-state index is -1.07. The highest BCUT2D eigenvalue weighted by Crippen LogP contribution is 2.44. The highest BCUT2D eigenvalue weighted by Gasteiger charge is 2.36. The number of benzene rings is 2. The summed E-state index contributed by atoms with van der Waals surface area (Å²) >= 11 is 0. The molecule has 0 amide bonds. The van der Waals surface area contributed by atoms with Gasteiger partial charge in [0.1, 0.15) is 6.10 Å². The zero-order chi connectivity index (χ0) is 26.1. The molecule has 0 bridgehead atoms. The van der Waals surface area contributed by atoms with Crippen LogP contribution >= 0.6 is 0 Å². The molecule has 0 saturated heterocycles. The molecule has 2 aromatic rings. The van der Waals surface area contributed by atoms with E-state index < -0.39 is 23.3 Å². The zero-order valence-corrected chi connectivity index (χ0v) is 21.9. The van der Waals surface area contributed by atoms with Gasteiger partial charge in [0.15, 0.2) is 23.1 Å². The Morgan fingerprint density at radius 2 is 1.32 bits per heavy atom. The third-order valence-electron chi connectivity index (χ3n) is 9.36. The number of rotatable bonds is 6. The molecule has 1 aliphatic heterocycles. The van der Waals surface area contributed by atoms with Crippen LogP contribution in [0, 0.1) is 46.9 Å². The Morgan fingerprint density at radius 1 is 0.730 bits per heavy atom. The smallest absolute Gasteiger partial charge is 0.201 e. The lowest BCUT2D eigenvalue weighted by Gasteiger charge is -2.40. The molecule has 37 heavy (non-hydrogen) atoms. The maximum Gasteiger partial charge on any atom is 0.201 e. The fraction of sp³-hybridized carbons (Fsp3) is 0.613. The minimum absolute atomic E-state index is 0.0440. The number of fused-ring (bicyclic) bond motifs is 1. The predicted octanol–water partition coefficient (Wildman–Crippen LogP) is 8.36. The first kappa shape index (κ1) is 26.4. The summed E-state index contributed by atoms with van der Waals surface area (Å²) in [5, 5.41) is 0. The molecular formula is C31H38F4O2. The van der Waals surface area contributed by atoms with E-state index in [1.807, 2.05) is 0 Å². The van der Waals surface area contributed by atoms with Crippen molar-refractivity contribution in [1.82, 2.24) is 0 Å². The van der Waals surface area contributed by atoms with Crippen molar-refractivity contribution in [3.05, 3.63) is 58.2 Å². The maximum absolute atomic E-state index is 15.1. The molecule has 2 saturated carbocycles. The fourth-order valence-electron chi connectivity index (χ4n) is 6.99. The Morgan fingerprint density at radius 3 is 2.00 bits per heavy atom. The molecular weight excluding hydrogens is 480 g/mol. The summed E-state index contributed by atoms with van der Waals surface area (Å²) in [6.07, 6.45) is 11.5. The molecule has 1 atom stereocenters. The van der Waals surface area contributed by atoms with Crippen molar-refractivity contribution in [3.63, 3.8) is 0 Å². The second-order valence-corrected chi connectivity index (χ2v) is 11.6. The Bertz CT molecular complexity index is 1100. The standard InChI is InChI=1S/C31H38F4O2/c1-18-3-5-19(6-4-18)20-7-9-21(10-8-20)25-15-14-24-17-23(28(33)30(35)31(24)37-25)12-11-22-13-16-26(36-2)29(34)27(22)32/h13,16-21,25H,3-12,14-15H2,1-2H3. The van der Waals surface area contributed by atoms with Gasteiger partial charge < -0.3 is 9.47 Å². The fourth-order valence-corrected chi connectivity index (χ4v) is 6.99. The predicted molar refractivity (Wildman–Crippen MR) is 136 cm³/mol. The normalized spacial score (nSPS) is 27.9. The number of halogens is 4. The van der Waals surface area contributed by atoms with Crippen LogP contribution < -0.4 is 9.47 Å². The minimum Gasteiger partial charge on any atom is -0.494 e. The van der Waals surface area contributed by atoms with Crippen LogP contribution in [-0.4, -0.2) is 13.2 Å². The number of methoxy groups -OCH3 is 1. The monoisotopic (exact) mass is 518 g/mol. The van der Waals surface area contributed by atoms with Gasteiger partial charge in [-0.15, -0.1) is 0 Å². The van der Waals surface area contributed by atoms with Crippen LogP contribution in [0.25, 0.3) is 0 Å². The third-order valence-corrected chi connectivity index (χ3v) is 9.36. The van der Waals surface area contributed by atoms with E-state index in [1.165, 1.54) is 57.8 Å². The van der Waals surface area contributed by atoms with E-state index in [0.717, 1.165) is 37.0 Å². The number of hydrogen-bond donors (Lipinski definition) is 0. The maximum atomic E-state index is 15.1. The van der Waals surface area contributed by atoms with Gasteiger partial charge in [-0.3, -0.25) is 0 Å². The second-order valence-electron chi connectivity index (χ2n) is 11.6. The summed E-state index contributed by atoms with van der Waals surface area (Å²) in [7, 11) is 1.26. The Labute approximate surface area is 217 Å². The van der Waals surface area contributed by atoms with Crippen LogP contribution in [0.5, 0.6) is 11.5 Å². The van der Waals surface area contributed by atoms with Crippen molar-refractivity contribution in [2.75, 3.05) is 7.11 Å². The van der Waals surface area contributed by atoms with Gasteiger partial charge >= 0.3 is 0 Å². The quantitative estimate of drug-likeness (QED) is 0.358. The van der Waals surface area contributed by atoms with Gasteiger partial charge in [0, 0.05) is 0 Å². The van der Waals surface area contributed by atoms with Gasteiger partial charge in [0.2, 0.25) is 11.6 Å². The lowest BCUT2D eigenvalue weighted by atomic mass is 9.68. The molecule has 6 heteroatoms. The summed E-state index contributed by atoms with van der Waals surface area (Å²) in [6, 6.07) is 4.40. The first-order valence-corrected chi connectivity index (χ1v) is 14.0. The summed E-state index contributed by atoms with van der Waals surface area (Å²) in [5.41, 5.74) is 0.929. The Balaban J connectivity index is 1.21. The Hall–Kier alpha value is -2.24. The molecule has 2 nitrogen and oxygen atoms in total. The summed E-state index contributed by atoms with van der Waals surface area (Å²) in [5.74, 6) is -1.21. The van der Waals surface area contributed by atoms with Crippen LogP contribution in [-0.2, 0) is 19.3 Å². The highest BCUT2D eigenvalue weighted by molar-refractivity contribution is 5.42. The Kier molecular flexibility index (Phi) is 8.02. The van der Waals surface area contributed by atoms with Gasteiger partial charge in [-0.25, -0.2) is 8.78 Å². The second kappa shape index (κ2) is 11.2. The van der Waals surface area contributed by atoms with Crippen molar-refractivity contribution in [2.24, 2.45) is 23.7 Å². The van der Waals surface area contributed by atoms with Crippen LogP contribution in [0.2, 0.25) is 0 Å². The molecule has 2 fully saturated rings. The van der Waals surface area contributed by atoms with E-state index >= 15 is 8.78 Å². The summed E-state index contributed by atoms with van der Waals surface area (Å²) in [4.78, 5) is 0. The van der Waals surface area contributed by atoms with E-state index in [2.05, 4.69) is 6.92 Å². The summed E-state index contributed by atoms with van der Waals surface area (Å²) < 4.78 is 69.4.